The molecule has 6 atom stereocenters. The van der Waals surface area contributed by atoms with Crippen molar-refractivity contribution in [3.63, 3.8) is 0 Å². The minimum absolute atomic E-state index is 0.936. The van der Waals surface area contributed by atoms with E-state index in [0.29, 0.717) is 0 Å². The third-order valence-electron chi connectivity index (χ3n) is 6.75. The van der Waals surface area contributed by atoms with Crippen LogP contribution in [0.4, 0.5) is 0 Å². The summed E-state index contributed by atoms with van der Waals surface area (Å²) in [5.41, 5.74) is 1.52. The number of hydrogen-bond acceptors (Lipinski definition) is 1. The van der Waals surface area contributed by atoms with E-state index in [1.54, 1.807) is 6.42 Å². The molecule has 0 amide bonds. The van der Waals surface area contributed by atoms with Crippen LogP contribution in [0.2, 0.25) is 0 Å². The molecule has 0 bridgehead atoms. The van der Waals surface area contributed by atoms with Gasteiger partial charge in [0.15, 0.2) is 0 Å². The fraction of sp³-hybridized carbons (Fsp3) is 0.667. The van der Waals surface area contributed by atoms with Crippen LogP contribution in [0.5, 0.6) is 0 Å². The quantitative estimate of drug-likeness (QED) is 0.777. The van der Waals surface area contributed by atoms with Crippen LogP contribution in [0.25, 0.3) is 0 Å². The molecule has 1 nitrogen and oxygen atoms in total. The van der Waals surface area contributed by atoms with Gasteiger partial charge in [-0.2, -0.15) is 0 Å². The molecule has 0 N–H and O–H groups in total. The minimum Gasteiger partial charge on any atom is -0.293 e. The first-order chi connectivity index (χ1) is 9.42. The second-order valence-corrected chi connectivity index (χ2v) is 7.36. The third kappa shape index (κ3) is 1.40. The molecule has 3 aliphatic carbocycles. The van der Waals surface area contributed by atoms with E-state index in [1.165, 1.54) is 37.8 Å². The lowest BCUT2D eigenvalue weighted by Gasteiger charge is -2.29. The number of benzene rings is 1. The van der Waals surface area contributed by atoms with Crippen molar-refractivity contribution in [2.75, 3.05) is 0 Å². The Balaban J connectivity index is 1.47. The van der Waals surface area contributed by atoms with Gasteiger partial charge < -0.3 is 0 Å². The maximum atomic E-state index is 2.92. The van der Waals surface area contributed by atoms with E-state index in [4.69, 9.17) is 0 Å². The molecule has 1 heterocycles. The fourth-order valence-corrected chi connectivity index (χ4v) is 6.30. The first kappa shape index (κ1) is 10.9. The van der Waals surface area contributed by atoms with Crippen LogP contribution in [0.15, 0.2) is 30.3 Å². The summed E-state index contributed by atoms with van der Waals surface area (Å²) in [7, 11) is 0. The molecular formula is C18H23N. The molecule has 0 spiro atoms. The molecule has 5 rings (SSSR count). The zero-order valence-corrected chi connectivity index (χ0v) is 11.5. The fourth-order valence-electron chi connectivity index (χ4n) is 6.30. The summed E-state index contributed by atoms with van der Waals surface area (Å²) in [5, 5.41) is 0. The lowest BCUT2D eigenvalue weighted by molar-refractivity contribution is 0.170. The van der Waals surface area contributed by atoms with E-state index in [9.17, 15) is 0 Å². The van der Waals surface area contributed by atoms with Gasteiger partial charge in [-0.25, -0.2) is 0 Å². The molecular weight excluding hydrogens is 230 g/mol. The summed E-state index contributed by atoms with van der Waals surface area (Å²) in [6.45, 7) is 1.21. The van der Waals surface area contributed by atoms with Gasteiger partial charge in [0.25, 0.3) is 0 Å². The summed E-state index contributed by atoms with van der Waals surface area (Å²) in [6, 6.07) is 13.0. The Morgan fingerprint density at radius 2 is 1.47 bits per heavy atom. The summed E-state index contributed by atoms with van der Waals surface area (Å²) < 4.78 is 0. The molecule has 0 aromatic heterocycles. The second kappa shape index (κ2) is 3.85. The Bertz CT molecular complexity index is 458. The van der Waals surface area contributed by atoms with Crippen LogP contribution in [0.1, 0.15) is 37.7 Å². The van der Waals surface area contributed by atoms with Gasteiger partial charge in [-0.3, -0.25) is 4.90 Å². The zero-order valence-electron chi connectivity index (χ0n) is 11.5. The van der Waals surface area contributed by atoms with E-state index in [1.807, 2.05) is 0 Å². The number of hydrogen-bond donors (Lipinski definition) is 0. The molecule has 1 saturated heterocycles. The first-order valence-corrected chi connectivity index (χ1v) is 8.21. The molecule has 6 unspecified atom stereocenters. The van der Waals surface area contributed by atoms with Crippen molar-refractivity contribution >= 4 is 0 Å². The Morgan fingerprint density at radius 1 is 0.842 bits per heavy atom. The topological polar surface area (TPSA) is 3.24 Å². The maximum Gasteiger partial charge on any atom is 0.0239 e. The van der Waals surface area contributed by atoms with Gasteiger partial charge in [-0.05, 0) is 61.3 Å². The van der Waals surface area contributed by atoms with Gasteiger partial charge in [-0.1, -0.05) is 30.3 Å². The maximum absolute atomic E-state index is 2.92. The van der Waals surface area contributed by atoms with E-state index in [2.05, 4.69) is 35.2 Å². The number of nitrogens with zero attached hydrogens (tertiary/aromatic N) is 1. The predicted molar refractivity (Wildman–Crippen MR) is 76.6 cm³/mol. The molecule has 1 aromatic rings. The van der Waals surface area contributed by atoms with Crippen molar-refractivity contribution in [1.82, 2.24) is 4.90 Å². The number of rotatable bonds is 2. The van der Waals surface area contributed by atoms with Crippen molar-refractivity contribution in [3.8, 4) is 0 Å². The van der Waals surface area contributed by atoms with Gasteiger partial charge in [0.1, 0.15) is 0 Å². The van der Waals surface area contributed by atoms with Crippen molar-refractivity contribution in [2.45, 2.75) is 50.7 Å². The van der Waals surface area contributed by atoms with Crippen molar-refractivity contribution < 1.29 is 0 Å². The van der Waals surface area contributed by atoms with E-state index in [0.717, 1.165) is 35.8 Å². The van der Waals surface area contributed by atoms with Crippen LogP contribution in [-0.4, -0.2) is 17.0 Å². The van der Waals surface area contributed by atoms with Crippen molar-refractivity contribution in [1.29, 1.82) is 0 Å². The average Bonchev–Trinajstić information content (AvgIpc) is 3.13. The van der Waals surface area contributed by atoms with Gasteiger partial charge in [0, 0.05) is 18.6 Å². The summed E-state index contributed by atoms with van der Waals surface area (Å²) in [4.78, 5) is 2.92. The molecule has 0 radical (unpaired) electrons. The lowest BCUT2D eigenvalue weighted by Crippen LogP contribution is -2.35. The zero-order chi connectivity index (χ0) is 12.4. The standard InChI is InChI=1S/C18H23N/c1-2-4-12(5-3-1)11-19-15-8-6-13-10-14-7-9-16(19)18(14)17(13)15/h1-5,13-18H,6-11H2. The third-order valence-corrected chi connectivity index (χ3v) is 6.75. The molecule has 1 heteroatoms. The smallest absolute Gasteiger partial charge is 0.0239 e. The van der Waals surface area contributed by atoms with Crippen LogP contribution in [0.3, 0.4) is 0 Å². The average molecular weight is 253 g/mol. The van der Waals surface area contributed by atoms with E-state index < -0.39 is 0 Å². The van der Waals surface area contributed by atoms with Gasteiger partial charge >= 0.3 is 0 Å². The Labute approximate surface area is 116 Å². The lowest BCUT2D eigenvalue weighted by atomic mass is 9.90. The van der Waals surface area contributed by atoms with Crippen molar-refractivity contribution in [2.24, 2.45) is 23.7 Å². The molecule has 1 aliphatic heterocycles. The molecule has 3 saturated carbocycles. The van der Waals surface area contributed by atoms with Gasteiger partial charge in [-0.15, -0.1) is 0 Å². The molecule has 100 valence electrons. The van der Waals surface area contributed by atoms with Gasteiger partial charge in [0.05, 0.1) is 0 Å². The van der Waals surface area contributed by atoms with Gasteiger partial charge in [0.2, 0.25) is 0 Å². The second-order valence-electron chi connectivity index (χ2n) is 7.36. The highest BCUT2D eigenvalue weighted by Crippen LogP contribution is 2.63. The molecule has 1 aromatic carbocycles. The highest BCUT2D eigenvalue weighted by molar-refractivity contribution is 5.19. The van der Waals surface area contributed by atoms with Crippen LogP contribution in [0, 0.1) is 23.7 Å². The first-order valence-electron chi connectivity index (χ1n) is 8.21. The minimum atomic E-state index is 0.936. The summed E-state index contributed by atoms with van der Waals surface area (Å²) in [5.74, 6) is 4.37. The van der Waals surface area contributed by atoms with E-state index >= 15 is 0 Å². The molecule has 19 heavy (non-hydrogen) atoms. The van der Waals surface area contributed by atoms with Crippen LogP contribution in [-0.2, 0) is 6.54 Å². The highest BCUT2D eigenvalue weighted by Gasteiger charge is 2.62. The SMILES string of the molecule is c1ccc(CN2C3CCC4CC5CCC2C5C43)cc1. The summed E-state index contributed by atoms with van der Waals surface area (Å²) >= 11 is 0. The normalized spacial score (nSPS) is 46.9. The number of likely N-dealkylation sites (tertiary alicyclic amines) is 1. The highest BCUT2D eigenvalue weighted by atomic mass is 15.2. The van der Waals surface area contributed by atoms with Crippen LogP contribution >= 0.6 is 0 Å². The molecule has 4 aliphatic rings. The summed E-state index contributed by atoms with van der Waals surface area (Å²) in [6.07, 6.45) is 7.62. The van der Waals surface area contributed by atoms with Crippen molar-refractivity contribution in [3.05, 3.63) is 35.9 Å². The molecule has 4 fully saturated rings. The van der Waals surface area contributed by atoms with E-state index in [-0.39, 0.29) is 0 Å². The Kier molecular flexibility index (Phi) is 2.21. The largest absolute Gasteiger partial charge is 0.293 e. The Morgan fingerprint density at radius 3 is 2.11 bits per heavy atom. The Hall–Kier alpha value is -0.820. The van der Waals surface area contributed by atoms with Crippen LogP contribution < -0.4 is 0 Å². The predicted octanol–water partition coefficient (Wildman–Crippen LogP) is 3.70. The monoisotopic (exact) mass is 253 g/mol.